The number of hydrogen-bond donors (Lipinski definition) is 4. The van der Waals surface area contributed by atoms with E-state index in [2.05, 4.69) is 30.6 Å². The highest BCUT2D eigenvalue weighted by molar-refractivity contribution is 5.83. The Morgan fingerprint density at radius 2 is 2.16 bits per heavy atom. The summed E-state index contributed by atoms with van der Waals surface area (Å²) in [6.07, 6.45) is 1.60. The van der Waals surface area contributed by atoms with E-state index in [4.69, 9.17) is 0 Å². The molecule has 2 rings (SSSR count). The molecule has 0 radical (unpaired) electrons. The molecule has 0 aliphatic rings. The van der Waals surface area contributed by atoms with E-state index in [9.17, 15) is 5.11 Å². The number of nitrogens with zero attached hydrogens (tertiary/aromatic N) is 3. The average molecular weight is 264 g/mol. The minimum Gasteiger partial charge on any atom is -0.396 e. The van der Waals surface area contributed by atoms with Crippen LogP contribution in [0.1, 0.15) is 20.8 Å². The fraction of sp³-hybridized carbons (Fsp3) is 0.583. The van der Waals surface area contributed by atoms with E-state index >= 15 is 0 Å². The SMILES string of the molecule is CCNc1nc(NC(C)C(C)CO)c2[nH]cnc2n1. The van der Waals surface area contributed by atoms with Gasteiger partial charge in [0, 0.05) is 19.2 Å². The van der Waals surface area contributed by atoms with Crippen LogP contribution < -0.4 is 10.6 Å². The van der Waals surface area contributed by atoms with Crippen LogP contribution in [0, 0.1) is 5.92 Å². The largest absolute Gasteiger partial charge is 0.396 e. The molecule has 2 aromatic rings. The first-order valence-electron chi connectivity index (χ1n) is 6.48. The third-order valence-corrected chi connectivity index (χ3v) is 3.13. The quantitative estimate of drug-likeness (QED) is 0.626. The number of fused-ring (bicyclic) bond motifs is 1. The molecule has 7 heteroatoms. The highest BCUT2D eigenvalue weighted by Crippen LogP contribution is 2.20. The summed E-state index contributed by atoms with van der Waals surface area (Å²) in [7, 11) is 0. The third kappa shape index (κ3) is 2.93. The van der Waals surface area contributed by atoms with Gasteiger partial charge in [-0.15, -0.1) is 0 Å². The van der Waals surface area contributed by atoms with Gasteiger partial charge in [-0.05, 0) is 19.8 Å². The predicted molar refractivity (Wildman–Crippen MR) is 75.2 cm³/mol. The van der Waals surface area contributed by atoms with E-state index in [0.717, 1.165) is 12.1 Å². The maximum absolute atomic E-state index is 9.19. The zero-order chi connectivity index (χ0) is 13.8. The Morgan fingerprint density at radius 3 is 2.84 bits per heavy atom. The number of nitrogens with one attached hydrogen (secondary N) is 3. The van der Waals surface area contributed by atoms with E-state index in [1.165, 1.54) is 0 Å². The van der Waals surface area contributed by atoms with Crippen molar-refractivity contribution in [2.24, 2.45) is 5.92 Å². The molecule has 7 nitrogen and oxygen atoms in total. The van der Waals surface area contributed by atoms with Gasteiger partial charge in [0.1, 0.15) is 5.52 Å². The minimum absolute atomic E-state index is 0.0980. The van der Waals surface area contributed by atoms with Gasteiger partial charge >= 0.3 is 0 Å². The van der Waals surface area contributed by atoms with Crippen LogP contribution in [-0.2, 0) is 0 Å². The van der Waals surface area contributed by atoms with Crippen LogP contribution in [0.2, 0.25) is 0 Å². The second-order valence-corrected chi connectivity index (χ2v) is 4.62. The molecule has 0 aromatic carbocycles. The van der Waals surface area contributed by atoms with E-state index < -0.39 is 0 Å². The lowest BCUT2D eigenvalue weighted by atomic mass is 10.1. The number of imidazole rings is 1. The summed E-state index contributed by atoms with van der Waals surface area (Å²) < 4.78 is 0. The van der Waals surface area contributed by atoms with Gasteiger partial charge < -0.3 is 20.7 Å². The average Bonchev–Trinajstić information content (AvgIpc) is 2.86. The lowest BCUT2D eigenvalue weighted by Gasteiger charge is -2.20. The Hall–Kier alpha value is -1.89. The van der Waals surface area contributed by atoms with Gasteiger partial charge in [-0.25, -0.2) is 4.98 Å². The molecule has 0 bridgehead atoms. The van der Waals surface area contributed by atoms with Gasteiger partial charge in [0.2, 0.25) is 5.95 Å². The predicted octanol–water partition coefficient (Wildman–Crippen LogP) is 1.21. The molecule has 0 spiro atoms. The number of aromatic nitrogens is 4. The van der Waals surface area contributed by atoms with Gasteiger partial charge in [0.25, 0.3) is 0 Å². The van der Waals surface area contributed by atoms with E-state index in [1.54, 1.807) is 6.33 Å². The van der Waals surface area contributed by atoms with Crippen molar-refractivity contribution in [3.63, 3.8) is 0 Å². The van der Waals surface area contributed by atoms with E-state index in [1.807, 2.05) is 20.8 Å². The van der Waals surface area contributed by atoms with Gasteiger partial charge in [-0.1, -0.05) is 6.92 Å². The summed E-state index contributed by atoms with van der Waals surface area (Å²) >= 11 is 0. The van der Waals surface area contributed by atoms with Crippen LogP contribution in [0.25, 0.3) is 11.2 Å². The van der Waals surface area contributed by atoms with Crippen LogP contribution in [-0.4, -0.2) is 44.2 Å². The third-order valence-electron chi connectivity index (χ3n) is 3.13. The molecule has 0 fully saturated rings. The van der Waals surface area contributed by atoms with Crippen LogP contribution in [0.15, 0.2) is 6.33 Å². The van der Waals surface area contributed by atoms with Crippen molar-refractivity contribution in [3.8, 4) is 0 Å². The van der Waals surface area contributed by atoms with Crippen molar-refractivity contribution in [2.75, 3.05) is 23.8 Å². The number of aromatic amines is 1. The van der Waals surface area contributed by atoms with E-state index in [0.29, 0.717) is 17.4 Å². The van der Waals surface area contributed by atoms with Crippen LogP contribution >= 0.6 is 0 Å². The second kappa shape index (κ2) is 5.83. The Balaban J connectivity index is 2.31. The second-order valence-electron chi connectivity index (χ2n) is 4.62. The zero-order valence-corrected chi connectivity index (χ0v) is 11.4. The lowest BCUT2D eigenvalue weighted by Crippen LogP contribution is -2.27. The van der Waals surface area contributed by atoms with Crippen molar-refractivity contribution in [1.82, 2.24) is 19.9 Å². The van der Waals surface area contributed by atoms with Gasteiger partial charge in [-0.3, -0.25) is 0 Å². The molecule has 0 aliphatic heterocycles. The normalized spacial score (nSPS) is 14.3. The van der Waals surface area contributed by atoms with E-state index in [-0.39, 0.29) is 18.6 Å². The topological polar surface area (TPSA) is 98.8 Å². The molecule has 0 amide bonds. The number of H-pyrrole nitrogens is 1. The van der Waals surface area contributed by atoms with Crippen molar-refractivity contribution in [3.05, 3.63) is 6.33 Å². The number of anilines is 2. The first kappa shape index (κ1) is 13.5. The number of rotatable bonds is 6. The monoisotopic (exact) mass is 264 g/mol. The molecule has 4 N–H and O–H groups in total. The first-order valence-corrected chi connectivity index (χ1v) is 6.48. The number of aliphatic hydroxyl groups is 1. The Bertz CT molecular complexity index is 540. The molecule has 104 valence electrons. The summed E-state index contributed by atoms with van der Waals surface area (Å²) in [5, 5.41) is 15.6. The Kier molecular flexibility index (Phi) is 4.16. The van der Waals surface area contributed by atoms with Crippen LogP contribution in [0.5, 0.6) is 0 Å². The fourth-order valence-electron chi connectivity index (χ4n) is 1.69. The molecule has 2 unspecified atom stereocenters. The molecule has 19 heavy (non-hydrogen) atoms. The highest BCUT2D eigenvalue weighted by Gasteiger charge is 2.15. The molecular formula is C12H20N6O. The molecule has 2 aromatic heterocycles. The lowest BCUT2D eigenvalue weighted by molar-refractivity contribution is 0.226. The zero-order valence-electron chi connectivity index (χ0n) is 11.4. The Morgan fingerprint density at radius 1 is 1.37 bits per heavy atom. The fourth-order valence-corrected chi connectivity index (χ4v) is 1.69. The van der Waals surface area contributed by atoms with Crippen LogP contribution in [0.4, 0.5) is 11.8 Å². The van der Waals surface area contributed by atoms with Gasteiger partial charge in [-0.2, -0.15) is 9.97 Å². The van der Waals surface area contributed by atoms with Crippen LogP contribution in [0.3, 0.4) is 0 Å². The smallest absolute Gasteiger partial charge is 0.226 e. The summed E-state index contributed by atoms with van der Waals surface area (Å²) in [6.45, 7) is 6.86. The molecular weight excluding hydrogens is 244 g/mol. The van der Waals surface area contributed by atoms with Crippen molar-refractivity contribution < 1.29 is 5.11 Å². The maximum atomic E-state index is 9.19. The van der Waals surface area contributed by atoms with Crippen molar-refractivity contribution in [1.29, 1.82) is 0 Å². The summed E-state index contributed by atoms with van der Waals surface area (Å²) in [4.78, 5) is 15.9. The van der Waals surface area contributed by atoms with Crippen molar-refractivity contribution >= 4 is 22.9 Å². The molecule has 0 aliphatic carbocycles. The molecule has 0 saturated heterocycles. The van der Waals surface area contributed by atoms with Crippen molar-refractivity contribution in [2.45, 2.75) is 26.8 Å². The maximum Gasteiger partial charge on any atom is 0.226 e. The Labute approximate surface area is 111 Å². The molecule has 2 heterocycles. The number of aliphatic hydroxyl groups excluding tert-OH is 1. The molecule has 0 saturated carbocycles. The van der Waals surface area contributed by atoms with Gasteiger partial charge in [0.15, 0.2) is 11.5 Å². The summed E-state index contributed by atoms with van der Waals surface area (Å²) in [5.41, 5.74) is 1.40. The minimum atomic E-state index is 0.0980. The van der Waals surface area contributed by atoms with Gasteiger partial charge in [0.05, 0.1) is 6.33 Å². The highest BCUT2D eigenvalue weighted by atomic mass is 16.3. The number of hydrogen-bond acceptors (Lipinski definition) is 6. The first-order chi connectivity index (χ1) is 9.15. The molecule has 2 atom stereocenters. The summed E-state index contributed by atoms with van der Waals surface area (Å²) in [5.74, 6) is 1.38. The summed E-state index contributed by atoms with van der Waals surface area (Å²) in [6, 6.07) is 0.0980. The standard InChI is InChI=1S/C12H20N6O/c1-4-13-12-17-10-9(14-6-15-10)11(18-12)16-8(3)7(2)5-19/h6-8,19H,4-5H2,1-3H3,(H3,13,14,15,16,17,18).